The van der Waals surface area contributed by atoms with Crippen LogP contribution in [0.4, 0.5) is 0 Å². The number of carbonyl (C=O) groups excluding carboxylic acids is 1. The molecule has 2 aromatic rings. The molecule has 2 nitrogen and oxygen atoms in total. The predicted molar refractivity (Wildman–Crippen MR) is 112 cm³/mol. The highest BCUT2D eigenvalue weighted by molar-refractivity contribution is 7.99. The number of carbonyl (C=O) groups is 1. The third kappa shape index (κ3) is 6.63. The van der Waals surface area contributed by atoms with Gasteiger partial charge in [0.1, 0.15) is 0 Å². The molecule has 0 fully saturated rings. The zero-order chi connectivity index (χ0) is 18.1. The predicted octanol–water partition coefficient (Wildman–Crippen LogP) is 5.93. The van der Waals surface area contributed by atoms with E-state index in [1.54, 1.807) is 29.6 Å². The second-order valence-corrected chi connectivity index (χ2v) is 8.13. The lowest BCUT2D eigenvalue weighted by atomic mass is 10.2. The van der Waals surface area contributed by atoms with E-state index in [4.69, 9.17) is 23.2 Å². The Morgan fingerprint density at radius 3 is 2.72 bits per heavy atom. The minimum absolute atomic E-state index is 0.0395. The standard InChI is InChI=1S/C19H19Cl2NOS2/c1-2-10-25-18-6-4-3-5-15(18)19(23)22-9-11-24-13-14-7-8-16(20)17(21)12-14/h2-8,12H,1,9-11,13H2,(H,22,23). The molecular formula is C19H19Cl2NOS2. The van der Waals surface area contributed by atoms with Crippen molar-refractivity contribution in [2.24, 2.45) is 0 Å². The molecule has 1 N–H and O–H groups in total. The van der Waals surface area contributed by atoms with E-state index < -0.39 is 0 Å². The topological polar surface area (TPSA) is 29.1 Å². The molecular weight excluding hydrogens is 393 g/mol. The molecule has 0 aromatic heterocycles. The van der Waals surface area contributed by atoms with E-state index in [2.05, 4.69) is 11.9 Å². The van der Waals surface area contributed by atoms with E-state index in [1.807, 2.05) is 42.5 Å². The van der Waals surface area contributed by atoms with Crippen molar-refractivity contribution in [1.82, 2.24) is 5.32 Å². The van der Waals surface area contributed by atoms with E-state index >= 15 is 0 Å². The maximum atomic E-state index is 12.4. The average molecular weight is 412 g/mol. The zero-order valence-electron chi connectivity index (χ0n) is 13.6. The highest BCUT2D eigenvalue weighted by Gasteiger charge is 2.10. The number of halogens is 2. The molecule has 0 aliphatic rings. The molecule has 0 spiro atoms. The lowest BCUT2D eigenvalue weighted by molar-refractivity contribution is 0.0953. The molecule has 0 atom stereocenters. The third-order valence-electron chi connectivity index (χ3n) is 3.27. The molecule has 0 aliphatic carbocycles. The first kappa shape index (κ1) is 20.2. The fraction of sp³-hybridized carbons (Fsp3) is 0.211. The summed E-state index contributed by atoms with van der Waals surface area (Å²) in [4.78, 5) is 13.3. The fourth-order valence-electron chi connectivity index (χ4n) is 2.08. The number of hydrogen-bond donors (Lipinski definition) is 1. The van der Waals surface area contributed by atoms with Gasteiger partial charge in [0.2, 0.25) is 0 Å². The van der Waals surface area contributed by atoms with Crippen LogP contribution in [-0.2, 0) is 5.75 Å². The molecule has 2 rings (SSSR count). The number of nitrogens with one attached hydrogen (secondary N) is 1. The Labute approximate surface area is 167 Å². The van der Waals surface area contributed by atoms with Crippen molar-refractivity contribution in [2.75, 3.05) is 18.1 Å². The second-order valence-electron chi connectivity index (χ2n) is 5.15. The van der Waals surface area contributed by atoms with Crippen LogP contribution in [0.25, 0.3) is 0 Å². The molecule has 6 heteroatoms. The van der Waals surface area contributed by atoms with Gasteiger partial charge in [0.25, 0.3) is 5.91 Å². The normalized spacial score (nSPS) is 10.5. The Hall–Kier alpha value is -1.07. The Bertz CT molecular complexity index is 737. The van der Waals surface area contributed by atoms with Gasteiger partial charge in [0.05, 0.1) is 15.6 Å². The van der Waals surface area contributed by atoms with Crippen LogP contribution >= 0.6 is 46.7 Å². The van der Waals surface area contributed by atoms with Crippen molar-refractivity contribution in [3.63, 3.8) is 0 Å². The monoisotopic (exact) mass is 411 g/mol. The van der Waals surface area contributed by atoms with E-state index in [1.165, 1.54) is 0 Å². The first-order valence-corrected chi connectivity index (χ1v) is 10.6. The smallest absolute Gasteiger partial charge is 0.252 e. The van der Waals surface area contributed by atoms with Crippen molar-refractivity contribution in [3.05, 3.63) is 76.3 Å². The Morgan fingerprint density at radius 1 is 1.16 bits per heavy atom. The van der Waals surface area contributed by atoms with E-state index in [0.717, 1.165) is 27.7 Å². The van der Waals surface area contributed by atoms with E-state index in [-0.39, 0.29) is 5.91 Å². The first-order chi connectivity index (χ1) is 12.1. The van der Waals surface area contributed by atoms with Gasteiger partial charge in [0.15, 0.2) is 0 Å². The van der Waals surface area contributed by atoms with Gasteiger partial charge in [-0.1, -0.05) is 47.5 Å². The molecule has 0 bridgehead atoms. The Balaban J connectivity index is 1.77. The van der Waals surface area contributed by atoms with Crippen molar-refractivity contribution < 1.29 is 4.79 Å². The summed E-state index contributed by atoms with van der Waals surface area (Å²) >= 11 is 15.3. The van der Waals surface area contributed by atoms with Crippen LogP contribution in [0.2, 0.25) is 10.0 Å². The number of rotatable bonds is 9. The number of amides is 1. The maximum Gasteiger partial charge on any atom is 0.252 e. The van der Waals surface area contributed by atoms with Crippen molar-refractivity contribution >= 4 is 52.6 Å². The van der Waals surface area contributed by atoms with Crippen LogP contribution in [0, 0.1) is 0 Å². The summed E-state index contributed by atoms with van der Waals surface area (Å²) in [5.74, 6) is 2.40. The molecule has 2 aromatic carbocycles. The minimum Gasteiger partial charge on any atom is -0.351 e. The van der Waals surface area contributed by atoms with Crippen molar-refractivity contribution in [2.45, 2.75) is 10.6 Å². The molecule has 0 aliphatic heterocycles. The molecule has 0 unspecified atom stereocenters. The van der Waals surface area contributed by atoms with Gasteiger partial charge in [-0.15, -0.1) is 18.3 Å². The van der Waals surface area contributed by atoms with Gasteiger partial charge >= 0.3 is 0 Å². The SMILES string of the molecule is C=CCSc1ccccc1C(=O)NCCSCc1ccc(Cl)c(Cl)c1. The molecule has 0 radical (unpaired) electrons. The molecule has 0 saturated heterocycles. The summed E-state index contributed by atoms with van der Waals surface area (Å²) in [6.07, 6.45) is 1.83. The van der Waals surface area contributed by atoms with Gasteiger partial charge in [0, 0.05) is 28.7 Å². The van der Waals surface area contributed by atoms with Gasteiger partial charge in [-0.3, -0.25) is 4.79 Å². The maximum absolute atomic E-state index is 12.4. The van der Waals surface area contributed by atoms with Gasteiger partial charge in [-0.25, -0.2) is 0 Å². The Kier molecular flexibility index (Phi) is 8.76. The molecule has 132 valence electrons. The summed E-state index contributed by atoms with van der Waals surface area (Å²) in [5.41, 5.74) is 1.83. The molecule has 0 saturated carbocycles. The van der Waals surface area contributed by atoms with Crippen LogP contribution < -0.4 is 5.32 Å². The average Bonchev–Trinajstić information content (AvgIpc) is 2.62. The summed E-state index contributed by atoms with van der Waals surface area (Å²) < 4.78 is 0. The van der Waals surface area contributed by atoms with Crippen LogP contribution in [0.5, 0.6) is 0 Å². The van der Waals surface area contributed by atoms with Crippen molar-refractivity contribution in [1.29, 1.82) is 0 Å². The second kappa shape index (κ2) is 10.8. The van der Waals surface area contributed by atoms with Crippen LogP contribution in [0.1, 0.15) is 15.9 Å². The largest absolute Gasteiger partial charge is 0.351 e. The Morgan fingerprint density at radius 2 is 1.96 bits per heavy atom. The molecule has 0 heterocycles. The van der Waals surface area contributed by atoms with Gasteiger partial charge in [-0.2, -0.15) is 11.8 Å². The molecule has 1 amide bonds. The summed E-state index contributed by atoms with van der Waals surface area (Å²) in [6.45, 7) is 4.33. The van der Waals surface area contributed by atoms with Crippen LogP contribution in [0.3, 0.4) is 0 Å². The quantitative estimate of drug-likeness (QED) is 0.314. The highest BCUT2D eigenvalue weighted by Crippen LogP contribution is 2.25. The van der Waals surface area contributed by atoms with Crippen LogP contribution in [-0.4, -0.2) is 24.0 Å². The van der Waals surface area contributed by atoms with Gasteiger partial charge < -0.3 is 5.32 Å². The highest BCUT2D eigenvalue weighted by atomic mass is 35.5. The summed E-state index contributed by atoms with van der Waals surface area (Å²) in [5, 5.41) is 4.11. The number of thioether (sulfide) groups is 2. The third-order valence-corrected chi connectivity index (χ3v) is 6.11. The fourth-order valence-corrected chi connectivity index (χ4v) is 4.00. The summed E-state index contributed by atoms with van der Waals surface area (Å²) in [7, 11) is 0. The zero-order valence-corrected chi connectivity index (χ0v) is 16.8. The van der Waals surface area contributed by atoms with Gasteiger partial charge in [-0.05, 0) is 29.8 Å². The minimum atomic E-state index is -0.0395. The van der Waals surface area contributed by atoms with Crippen LogP contribution in [0.15, 0.2) is 60.0 Å². The number of benzene rings is 2. The first-order valence-electron chi connectivity index (χ1n) is 7.74. The number of hydrogen-bond acceptors (Lipinski definition) is 3. The van der Waals surface area contributed by atoms with E-state index in [0.29, 0.717) is 22.2 Å². The van der Waals surface area contributed by atoms with Crippen molar-refractivity contribution in [3.8, 4) is 0 Å². The lowest BCUT2D eigenvalue weighted by Crippen LogP contribution is -2.26. The lowest BCUT2D eigenvalue weighted by Gasteiger charge is -2.09. The van der Waals surface area contributed by atoms with E-state index in [9.17, 15) is 4.79 Å². The molecule has 25 heavy (non-hydrogen) atoms. The summed E-state index contributed by atoms with van der Waals surface area (Å²) in [6, 6.07) is 13.3.